The van der Waals surface area contributed by atoms with Gasteiger partial charge in [0.15, 0.2) is 0 Å². The average Bonchev–Trinajstić information content (AvgIpc) is 2.72. The molecule has 5 heteroatoms. The number of hydrogen-bond donors (Lipinski definition) is 2. The van der Waals surface area contributed by atoms with Gasteiger partial charge in [-0.2, -0.15) is 0 Å². The summed E-state index contributed by atoms with van der Waals surface area (Å²) in [6.45, 7) is 8.21. The summed E-state index contributed by atoms with van der Waals surface area (Å²) < 4.78 is 2.95. The molecule has 1 amide bonds. The van der Waals surface area contributed by atoms with Crippen LogP contribution in [0.5, 0.6) is 0 Å². The van der Waals surface area contributed by atoms with E-state index in [-0.39, 0.29) is 17.5 Å². The van der Waals surface area contributed by atoms with Gasteiger partial charge in [-0.05, 0) is 68.7 Å². The molecule has 0 aliphatic carbocycles. The highest BCUT2D eigenvalue weighted by Crippen LogP contribution is 2.22. The lowest BCUT2D eigenvalue weighted by atomic mass is 9.90. The van der Waals surface area contributed by atoms with Gasteiger partial charge in [-0.3, -0.25) is 4.79 Å². The summed E-state index contributed by atoms with van der Waals surface area (Å²) >= 11 is 3.45. The lowest BCUT2D eigenvalue weighted by molar-refractivity contribution is 0.0876. The molecule has 1 aliphatic rings. The molecule has 1 saturated heterocycles. The van der Waals surface area contributed by atoms with Crippen molar-refractivity contribution in [3.8, 4) is 0 Å². The van der Waals surface area contributed by atoms with Crippen molar-refractivity contribution in [1.29, 1.82) is 0 Å². The van der Waals surface area contributed by atoms with E-state index in [1.165, 1.54) is 0 Å². The summed E-state index contributed by atoms with van der Waals surface area (Å²) in [5.41, 5.74) is 0.627. The lowest BCUT2D eigenvalue weighted by Gasteiger charge is -2.35. The van der Waals surface area contributed by atoms with Gasteiger partial charge in [0, 0.05) is 22.3 Å². The van der Waals surface area contributed by atoms with Crippen LogP contribution < -0.4 is 10.6 Å². The molecule has 19 heavy (non-hydrogen) atoms. The maximum atomic E-state index is 12.5. The highest BCUT2D eigenvalue weighted by Gasteiger charge is 2.29. The molecule has 2 N–H and O–H groups in total. The van der Waals surface area contributed by atoms with Crippen LogP contribution in [0, 0.1) is 0 Å². The second-order valence-electron chi connectivity index (χ2n) is 5.81. The van der Waals surface area contributed by atoms with Crippen molar-refractivity contribution >= 4 is 21.8 Å². The summed E-state index contributed by atoms with van der Waals surface area (Å²) in [5, 5.41) is 6.52. The molecule has 1 fully saturated rings. The highest BCUT2D eigenvalue weighted by molar-refractivity contribution is 9.10. The molecule has 1 aliphatic heterocycles. The summed E-state index contributed by atoms with van der Waals surface area (Å²) in [6, 6.07) is 2.16. The van der Waals surface area contributed by atoms with Crippen LogP contribution in [-0.4, -0.2) is 29.1 Å². The van der Waals surface area contributed by atoms with Crippen LogP contribution in [0.1, 0.15) is 50.1 Å². The van der Waals surface area contributed by atoms with Crippen molar-refractivity contribution in [3.63, 3.8) is 0 Å². The Balaban J connectivity index is 2.15. The Kier molecular flexibility index (Phi) is 4.36. The molecule has 2 heterocycles. The molecule has 0 radical (unpaired) electrons. The quantitative estimate of drug-likeness (QED) is 0.896. The number of hydrogen-bond acceptors (Lipinski definition) is 2. The Morgan fingerprint density at radius 2 is 2.11 bits per heavy atom. The van der Waals surface area contributed by atoms with Gasteiger partial charge in [0.05, 0.1) is 0 Å². The normalized spacial score (nSPS) is 18.6. The fraction of sp³-hybridized carbons (Fsp3) is 0.643. The lowest BCUT2D eigenvalue weighted by Crippen LogP contribution is -2.52. The van der Waals surface area contributed by atoms with E-state index >= 15 is 0 Å². The predicted octanol–water partition coefficient (Wildman–Crippen LogP) is 2.70. The number of carbonyl (C=O) groups excluding carboxylic acids is 1. The van der Waals surface area contributed by atoms with E-state index in [1.54, 1.807) is 0 Å². The van der Waals surface area contributed by atoms with Crippen molar-refractivity contribution in [3.05, 3.63) is 22.4 Å². The maximum absolute atomic E-state index is 12.5. The van der Waals surface area contributed by atoms with Gasteiger partial charge < -0.3 is 15.2 Å². The smallest absolute Gasteiger partial charge is 0.268 e. The number of aromatic nitrogens is 1. The number of halogens is 1. The van der Waals surface area contributed by atoms with Crippen molar-refractivity contribution in [1.82, 2.24) is 15.2 Å². The molecule has 0 unspecified atom stereocenters. The van der Waals surface area contributed by atoms with Gasteiger partial charge in [0.1, 0.15) is 5.69 Å². The number of carbonyl (C=O) groups is 1. The number of piperidine rings is 1. The Morgan fingerprint density at radius 1 is 1.47 bits per heavy atom. The molecule has 0 bridgehead atoms. The van der Waals surface area contributed by atoms with E-state index in [2.05, 4.69) is 47.3 Å². The first-order valence-corrected chi connectivity index (χ1v) is 7.61. The third-order valence-electron chi connectivity index (χ3n) is 3.73. The molecular formula is C14H22BrN3O. The van der Waals surface area contributed by atoms with Crippen molar-refractivity contribution < 1.29 is 4.79 Å². The van der Waals surface area contributed by atoms with Crippen LogP contribution in [0.2, 0.25) is 0 Å². The molecule has 2 rings (SSSR count). The van der Waals surface area contributed by atoms with Crippen molar-refractivity contribution in [2.75, 3.05) is 13.1 Å². The molecule has 0 atom stereocenters. The van der Waals surface area contributed by atoms with Crippen LogP contribution in [0.3, 0.4) is 0 Å². The molecule has 106 valence electrons. The molecule has 0 aromatic carbocycles. The van der Waals surface area contributed by atoms with E-state index in [9.17, 15) is 4.79 Å². The number of rotatable bonds is 3. The number of amides is 1. The minimum Gasteiger partial charge on any atom is -0.346 e. The summed E-state index contributed by atoms with van der Waals surface area (Å²) in [6.07, 6.45) is 3.91. The number of nitrogens with one attached hydrogen (secondary N) is 2. The SMILES string of the molecule is CC(C)n1cc(Br)cc1C(=O)NC1(C)CCNCC1. The molecule has 1 aromatic heterocycles. The minimum atomic E-state index is -0.0963. The first kappa shape index (κ1) is 14.6. The zero-order valence-electron chi connectivity index (χ0n) is 11.8. The van der Waals surface area contributed by atoms with E-state index in [1.807, 2.05) is 16.8 Å². The maximum Gasteiger partial charge on any atom is 0.268 e. The third kappa shape index (κ3) is 3.39. The van der Waals surface area contributed by atoms with E-state index in [0.29, 0.717) is 0 Å². The second kappa shape index (κ2) is 5.67. The standard InChI is InChI=1S/C14H22BrN3O/c1-10(2)18-9-11(15)8-12(18)13(19)17-14(3)4-6-16-7-5-14/h8-10,16H,4-7H2,1-3H3,(H,17,19). The van der Waals surface area contributed by atoms with Gasteiger partial charge in [-0.1, -0.05) is 0 Å². The first-order valence-electron chi connectivity index (χ1n) is 6.82. The summed E-state index contributed by atoms with van der Waals surface area (Å²) in [5.74, 6) is 0.0174. The average molecular weight is 328 g/mol. The van der Waals surface area contributed by atoms with Crippen molar-refractivity contribution in [2.45, 2.75) is 45.2 Å². The van der Waals surface area contributed by atoms with E-state index in [0.717, 1.165) is 36.1 Å². The van der Waals surface area contributed by atoms with E-state index < -0.39 is 0 Å². The van der Waals surface area contributed by atoms with Crippen LogP contribution in [0.15, 0.2) is 16.7 Å². The van der Waals surface area contributed by atoms with E-state index in [4.69, 9.17) is 0 Å². The monoisotopic (exact) mass is 327 g/mol. The Bertz CT molecular complexity index is 461. The second-order valence-corrected chi connectivity index (χ2v) is 6.73. The van der Waals surface area contributed by atoms with Crippen LogP contribution >= 0.6 is 15.9 Å². The van der Waals surface area contributed by atoms with Gasteiger partial charge in [-0.15, -0.1) is 0 Å². The summed E-state index contributed by atoms with van der Waals surface area (Å²) in [4.78, 5) is 12.5. The predicted molar refractivity (Wildman–Crippen MR) is 80.5 cm³/mol. The zero-order chi connectivity index (χ0) is 14.0. The minimum absolute atomic E-state index is 0.0174. The van der Waals surface area contributed by atoms with Crippen LogP contribution in [0.25, 0.3) is 0 Å². The first-order chi connectivity index (χ1) is 8.91. The Hall–Kier alpha value is -0.810. The molecule has 4 nitrogen and oxygen atoms in total. The largest absolute Gasteiger partial charge is 0.346 e. The van der Waals surface area contributed by atoms with Crippen molar-refractivity contribution in [2.24, 2.45) is 0 Å². The molecule has 0 saturated carbocycles. The van der Waals surface area contributed by atoms with Gasteiger partial charge in [0.25, 0.3) is 5.91 Å². The zero-order valence-corrected chi connectivity index (χ0v) is 13.4. The Labute approximate surface area is 123 Å². The van der Waals surface area contributed by atoms with Gasteiger partial charge in [0.2, 0.25) is 0 Å². The van der Waals surface area contributed by atoms with Gasteiger partial charge >= 0.3 is 0 Å². The number of nitrogens with zero attached hydrogens (tertiary/aromatic N) is 1. The van der Waals surface area contributed by atoms with Gasteiger partial charge in [-0.25, -0.2) is 0 Å². The van der Waals surface area contributed by atoms with Crippen LogP contribution in [0.4, 0.5) is 0 Å². The fourth-order valence-corrected chi connectivity index (χ4v) is 2.93. The Morgan fingerprint density at radius 3 is 2.68 bits per heavy atom. The summed E-state index contributed by atoms with van der Waals surface area (Å²) in [7, 11) is 0. The molecule has 1 aromatic rings. The third-order valence-corrected chi connectivity index (χ3v) is 4.16. The molecule has 0 spiro atoms. The topological polar surface area (TPSA) is 46.1 Å². The molecular weight excluding hydrogens is 306 g/mol. The fourth-order valence-electron chi connectivity index (χ4n) is 2.50. The van der Waals surface area contributed by atoms with Crippen LogP contribution in [-0.2, 0) is 0 Å². The highest BCUT2D eigenvalue weighted by atomic mass is 79.9.